The normalized spacial score (nSPS) is 12.0. The van der Waals surface area contributed by atoms with E-state index in [0.717, 1.165) is 35.0 Å². The smallest absolute Gasteiger partial charge is 0.166 e. The number of aryl methyl sites for hydroxylation is 1. The minimum absolute atomic E-state index is 0.0765. The van der Waals surface area contributed by atoms with Crippen molar-refractivity contribution < 1.29 is 9.47 Å². The Balaban J connectivity index is 2.12. The summed E-state index contributed by atoms with van der Waals surface area (Å²) in [6.07, 6.45) is 1.59. The summed E-state index contributed by atoms with van der Waals surface area (Å²) in [6.45, 7) is 11.9. The van der Waals surface area contributed by atoms with E-state index < -0.39 is 0 Å². The second kappa shape index (κ2) is 8.49. The van der Waals surface area contributed by atoms with Crippen molar-refractivity contribution in [3.05, 3.63) is 48.1 Å². The number of rotatable bonds is 9. The molecule has 0 aliphatic rings. The number of benzene rings is 1. The number of nitrogens with zero attached hydrogens (tertiary/aromatic N) is 3. The molecule has 0 saturated heterocycles. The molecule has 1 aromatic heterocycles. The number of ether oxygens (including phenoxy) is 2. The highest BCUT2D eigenvalue weighted by molar-refractivity contribution is 5.46. The third kappa shape index (κ3) is 4.35. The summed E-state index contributed by atoms with van der Waals surface area (Å²) in [6, 6.07) is 5.96. The third-order valence-electron chi connectivity index (χ3n) is 3.67. The van der Waals surface area contributed by atoms with E-state index in [2.05, 4.69) is 35.8 Å². The van der Waals surface area contributed by atoms with Crippen molar-refractivity contribution in [3.8, 4) is 11.5 Å². The zero-order valence-electron chi connectivity index (χ0n) is 14.9. The Hall–Kier alpha value is -2.34. The topological polar surface area (TPSA) is 61.2 Å². The van der Waals surface area contributed by atoms with E-state index in [0.29, 0.717) is 13.2 Å². The van der Waals surface area contributed by atoms with Gasteiger partial charge in [-0.05, 0) is 32.4 Å². The van der Waals surface area contributed by atoms with Gasteiger partial charge in [0.1, 0.15) is 18.8 Å². The number of nitrogens with one attached hydrogen (secondary N) is 1. The van der Waals surface area contributed by atoms with Crippen LogP contribution in [0.5, 0.6) is 11.5 Å². The van der Waals surface area contributed by atoms with Gasteiger partial charge < -0.3 is 14.8 Å². The van der Waals surface area contributed by atoms with E-state index in [9.17, 15) is 0 Å². The molecule has 2 rings (SSSR count). The van der Waals surface area contributed by atoms with E-state index in [1.54, 1.807) is 13.4 Å². The Bertz CT molecular complexity index is 681. The van der Waals surface area contributed by atoms with Crippen molar-refractivity contribution in [1.82, 2.24) is 20.1 Å². The van der Waals surface area contributed by atoms with Gasteiger partial charge in [0.15, 0.2) is 11.5 Å². The summed E-state index contributed by atoms with van der Waals surface area (Å²) in [5.41, 5.74) is 1.99. The van der Waals surface area contributed by atoms with E-state index in [1.165, 1.54) is 0 Å². The van der Waals surface area contributed by atoms with Crippen LogP contribution < -0.4 is 14.8 Å². The number of methoxy groups -OCH3 is 1. The number of aromatic nitrogens is 3. The van der Waals surface area contributed by atoms with Gasteiger partial charge in [-0.3, -0.25) is 0 Å². The largest absolute Gasteiger partial charge is 0.493 e. The van der Waals surface area contributed by atoms with Crippen LogP contribution in [0, 0.1) is 0 Å². The molecule has 6 nitrogen and oxygen atoms in total. The lowest BCUT2D eigenvalue weighted by Gasteiger charge is -2.18. The minimum atomic E-state index is 0.0765. The second-order valence-electron chi connectivity index (χ2n) is 5.73. The van der Waals surface area contributed by atoms with Crippen LogP contribution in [-0.2, 0) is 13.1 Å². The first-order chi connectivity index (χ1) is 11.6. The van der Waals surface area contributed by atoms with Crippen molar-refractivity contribution in [3.63, 3.8) is 0 Å². The molecule has 6 heteroatoms. The number of hydrogen-bond acceptors (Lipinski definition) is 5. The predicted octanol–water partition coefficient (Wildman–Crippen LogP) is 3.11. The lowest BCUT2D eigenvalue weighted by molar-refractivity contribution is 0.314. The van der Waals surface area contributed by atoms with Crippen molar-refractivity contribution in [1.29, 1.82) is 0 Å². The molecule has 0 spiro atoms. The molecule has 24 heavy (non-hydrogen) atoms. The summed E-state index contributed by atoms with van der Waals surface area (Å²) < 4.78 is 13.2. The number of para-hydroxylation sites is 1. The molecular weight excluding hydrogens is 304 g/mol. The quantitative estimate of drug-likeness (QED) is 0.716. The SMILES string of the molecule is C=C(C)COc1c(CNC(C)c2ncnn2CC)cccc1OC. The first-order valence-corrected chi connectivity index (χ1v) is 8.11. The van der Waals surface area contributed by atoms with Gasteiger partial charge in [-0.25, -0.2) is 9.67 Å². The molecule has 0 aliphatic heterocycles. The van der Waals surface area contributed by atoms with Crippen LogP contribution in [0.4, 0.5) is 0 Å². The van der Waals surface area contributed by atoms with Gasteiger partial charge in [0.2, 0.25) is 0 Å². The molecule has 1 N–H and O–H groups in total. The molecule has 0 radical (unpaired) electrons. The fourth-order valence-corrected chi connectivity index (χ4v) is 2.43. The molecule has 0 saturated carbocycles. The van der Waals surface area contributed by atoms with Crippen molar-refractivity contribution in [2.75, 3.05) is 13.7 Å². The average molecular weight is 330 g/mol. The molecule has 1 aromatic carbocycles. The van der Waals surface area contributed by atoms with Crippen LogP contribution in [-0.4, -0.2) is 28.5 Å². The lowest BCUT2D eigenvalue weighted by Crippen LogP contribution is -2.22. The third-order valence-corrected chi connectivity index (χ3v) is 3.67. The Morgan fingerprint density at radius 3 is 2.88 bits per heavy atom. The van der Waals surface area contributed by atoms with Crippen LogP contribution in [0.15, 0.2) is 36.7 Å². The maximum Gasteiger partial charge on any atom is 0.166 e. The molecule has 0 fully saturated rings. The second-order valence-corrected chi connectivity index (χ2v) is 5.73. The lowest BCUT2D eigenvalue weighted by atomic mass is 10.1. The highest BCUT2D eigenvalue weighted by Crippen LogP contribution is 2.31. The van der Waals surface area contributed by atoms with Gasteiger partial charge in [-0.15, -0.1) is 0 Å². The molecular formula is C18H26N4O2. The van der Waals surface area contributed by atoms with E-state index in [1.807, 2.05) is 29.8 Å². The van der Waals surface area contributed by atoms with Crippen molar-refractivity contribution in [2.45, 2.75) is 39.9 Å². The van der Waals surface area contributed by atoms with E-state index in [-0.39, 0.29) is 6.04 Å². The molecule has 1 unspecified atom stereocenters. The van der Waals surface area contributed by atoms with Crippen LogP contribution in [0.1, 0.15) is 38.2 Å². The summed E-state index contributed by atoms with van der Waals surface area (Å²) in [4.78, 5) is 4.34. The van der Waals surface area contributed by atoms with E-state index >= 15 is 0 Å². The van der Waals surface area contributed by atoms with Gasteiger partial charge in [0.25, 0.3) is 0 Å². The van der Waals surface area contributed by atoms with Gasteiger partial charge >= 0.3 is 0 Å². The number of hydrogen-bond donors (Lipinski definition) is 1. The Morgan fingerprint density at radius 1 is 1.42 bits per heavy atom. The van der Waals surface area contributed by atoms with Crippen molar-refractivity contribution >= 4 is 0 Å². The Labute approximate surface area is 143 Å². The standard InChI is InChI=1S/C18H26N4O2/c1-6-22-18(20-12-21-22)14(4)19-10-15-8-7-9-16(23-5)17(15)24-11-13(2)3/h7-9,12,14,19H,2,6,10-11H2,1,3-5H3. The first-order valence-electron chi connectivity index (χ1n) is 8.11. The highest BCUT2D eigenvalue weighted by Gasteiger charge is 2.15. The van der Waals surface area contributed by atoms with Gasteiger partial charge in [-0.2, -0.15) is 5.10 Å². The first kappa shape index (κ1) is 18.0. The summed E-state index contributed by atoms with van der Waals surface area (Å²) in [5.74, 6) is 2.39. The molecule has 0 amide bonds. The summed E-state index contributed by atoms with van der Waals surface area (Å²) in [5, 5.41) is 7.69. The fraction of sp³-hybridized carbons (Fsp3) is 0.444. The molecule has 2 aromatic rings. The zero-order valence-corrected chi connectivity index (χ0v) is 14.9. The van der Waals surface area contributed by atoms with Crippen LogP contribution in [0.25, 0.3) is 0 Å². The Kier molecular flexibility index (Phi) is 6.37. The van der Waals surface area contributed by atoms with Crippen LogP contribution in [0.2, 0.25) is 0 Å². The summed E-state index contributed by atoms with van der Waals surface area (Å²) >= 11 is 0. The fourth-order valence-electron chi connectivity index (χ4n) is 2.43. The van der Waals surface area contributed by atoms with Gasteiger partial charge in [0, 0.05) is 18.7 Å². The predicted molar refractivity (Wildman–Crippen MR) is 94.3 cm³/mol. The zero-order chi connectivity index (χ0) is 17.5. The highest BCUT2D eigenvalue weighted by atomic mass is 16.5. The van der Waals surface area contributed by atoms with Crippen LogP contribution in [0.3, 0.4) is 0 Å². The maximum absolute atomic E-state index is 5.89. The molecule has 1 heterocycles. The van der Waals surface area contributed by atoms with E-state index in [4.69, 9.17) is 9.47 Å². The monoisotopic (exact) mass is 330 g/mol. The van der Waals surface area contributed by atoms with Crippen molar-refractivity contribution in [2.24, 2.45) is 0 Å². The Morgan fingerprint density at radius 2 is 2.21 bits per heavy atom. The average Bonchev–Trinajstić information content (AvgIpc) is 3.06. The van der Waals surface area contributed by atoms with Gasteiger partial charge in [0.05, 0.1) is 13.2 Å². The van der Waals surface area contributed by atoms with Crippen LogP contribution >= 0.6 is 0 Å². The minimum Gasteiger partial charge on any atom is -0.493 e. The maximum atomic E-state index is 5.89. The molecule has 1 atom stereocenters. The molecule has 0 bridgehead atoms. The summed E-state index contributed by atoms with van der Waals surface area (Å²) in [7, 11) is 1.65. The molecule has 130 valence electrons. The molecule has 0 aliphatic carbocycles. The van der Waals surface area contributed by atoms with Gasteiger partial charge in [-0.1, -0.05) is 18.7 Å².